The fraction of sp³-hybridized carbons (Fsp3) is 0.152. The molecule has 0 saturated carbocycles. The lowest BCUT2D eigenvalue weighted by atomic mass is 9.86. The summed E-state index contributed by atoms with van der Waals surface area (Å²) >= 11 is 0. The van der Waals surface area contributed by atoms with Gasteiger partial charge in [0, 0.05) is 55.7 Å². The molecule has 0 aliphatic rings. The summed E-state index contributed by atoms with van der Waals surface area (Å²) in [4.78, 5) is 4.76. The van der Waals surface area contributed by atoms with Crippen LogP contribution in [0.2, 0.25) is 0 Å². The zero-order valence-electron chi connectivity index (χ0n) is 40.6. The van der Waals surface area contributed by atoms with Gasteiger partial charge in [-0.15, -0.1) is 0 Å². The largest absolute Gasteiger partial charge is 0.310 e. The molecule has 0 bridgehead atoms. The smallest absolute Gasteiger partial charge is 0.0620 e. The molecule has 0 radical (unpaired) electrons. The molecule has 0 unspecified atom stereocenters. The monoisotopic (exact) mass is 891 g/mol. The molecule has 2 heterocycles. The zero-order valence-corrected chi connectivity index (χ0v) is 40.6. The summed E-state index contributed by atoms with van der Waals surface area (Å²) in [6.07, 6.45) is 0. The summed E-state index contributed by atoms with van der Waals surface area (Å²) in [6.45, 7) is 15.9. The number of para-hydroxylation sites is 2. The Hall–Kier alpha value is -7.88. The number of anilines is 6. The summed E-state index contributed by atoms with van der Waals surface area (Å²) in [7, 11) is 0. The van der Waals surface area contributed by atoms with E-state index in [0.717, 1.165) is 34.1 Å². The number of rotatable bonds is 9. The maximum atomic E-state index is 2.55. The van der Waals surface area contributed by atoms with E-state index in [1.165, 1.54) is 87.5 Å². The van der Waals surface area contributed by atoms with Gasteiger partial charge in [-0.1, -0.05) is 146 Å². The van der Waals surface area contributed by atoms with E-state index in [1.54, 1.807) is 0 Å². The van der Waals surface area contributed by atoms with E-state index in [0.29, 0.717) is 11.8 Å². The van der Waals surface area contributed by atoms with Gasteiger partial charge in [-0.05, 0) is 176 Å². The van der Waals surface area contributed by atoms with E-state index in [2.05, 4.69) is 269 Å². The second kappa shape index (κ2) is 16.4. The molecule has 10 aromatic carbocycles. The molecule has 3 nitrogen and oxygen atoms in total. The third-order valence-corrected chi connectivity index (χ3v) is 14.5. The Morgan fingerprint density at radius 1 is 0.348 bits per heavy atom. The van der Waals surface area contributed by atoms with Crippen LogP contribution >= 0.6 is 0 Å². The molecular formula is C66H57N3. The van der Waals surface area contributed by atoms with Crippen molar-refractivity contribution in [2.45, 2.75) is 65.7 Å². The SMILES string of the molecule is CC(C)c1ccc(N(c2ccccc2)c2ccc3cc4c5cc(-c6ccc(C(C)(C)C)cc6)cc6c7cc8ccc(N(c9ccccc9)c9ccc(C(C)C)cc9)cc8cc7n(c4cc3c2)c56)cc1. The lowest BCUT2D eigenvalue weighted by Crippen LogP contribution is -2.10. The topological polar surface area (TPSA) is 10.9 Å². The lowest BCUT2D eigenvalue weighted by Gasteiger charge is -2.26. The van der Waals surface area contributed by atoms with Crippen LogP contribution in [0.15, 0.2) is 206 Å². The van der Waals surface area contributed by atoms with Gasteiger partial charge >= 0.3 is 0 Å². The molecule has 336 valence electrons. The predicted molar refractivity (Wildman–Crippen MR) is 298 cm³/mol. The first-order valence-electron chi connectivity index (χ1n) is 24.6. The van der Waals surface area contributed by atoms with E-state index < -0.39 is 0 Å². The number of hydrogen-bond donors (Lipinski definition) is 0. The van der Waals surface area contributed by atoms with Gasteiger partial charge in [0.05, 0.1) is 16.6 Å². The Bertz CT molecular complexity index is 3620. The number of hydrogen-bond acceptors (Lipinski definition) is 2. The standard InChI is InChI=1S/C66H57N3/c1-42(2)44-20-28-55(29-21-44)67(53-14-10-8-11-15-53)57-32-24-47-36-59-61-38-51(46-18-26-52(27-19-46)66(5,6)7)39-62-60-37-48-25-33-58(35-50(48)41-64(60)69(65(61)62)63(59)40-49(47)34-57)68(54-16-12-9-13-17-54)56-30-22-45(23-31-56)43(3)4/h8-43H,1-7H3. The summed E-state index contributed by atoms with van der Waals surface area (Å²) < 4.78 is 2.55. The Kier molecular flexibility index (Phi) is 10.1. The van der Waals surface area contributed by atoms with Crippen LogP contribution in [0.1, 0.15) is 77.0 Å². The summed E-state index contributed by atoms with van der Waals surface area (Å²) in [6, 6.07) is 77.4. The molecular weight excluding hydrogens is 835 g/mol. The summed E-state index contributed by atoms with van der Waals surface area (Å²) in [5, 5.41) is 9.95. The van der Waals surface area contributed by atoms with E-state index in [-0.39, 0.29) is 5.41 Å². The summed E-state index contributed by atoms with van der Waals surface area (Å²) in [5.41, 5.74) is 17.1. The van der Waals surface area contributed by atoms with Gasteiger partial charge in [-0.3, -0.25) is 0 Å². The van der Waals surface area contributed by atoms with Crippen molar-refractivity contribution < 1.29 is 0 Å². The molecule has 69 heavy (non-hydrogen) atoms. The van der Waals surface area contributed by atoms with E-state index in [4.69, 9.17) is 0 Å². The van der Waals surface area contributed by atoms with Crippen LogP contribution in [0.25, 0.3) is 70.8 Å². The van der Waals surface area contributed by atoms with E-state index >= 15 is 0 Å². The molecule has 0 saturated heterocycles. The third-order valence-electron chi connectivity index (χ3n) is 14.5. The molecule has 0 atom stereocenters. The average molecular weight is 892 g/mol. The van der Waals surface area contributed by atoms with Crippen LogP contribution in [-0.2, 0) is 5.41 Å². The molecule has 2 aromatic heterocycles. The van der Waals surface area contributed by atoms with Crippen molar-refractivity contribution >= 4 is 93.8 Å². The van der Waals surface area contributed by atoms with Gasteiger partial charge in [-0.2, -0.15) is 0 Å². The fourth-order valence-electron chi connectivity index (χ4n) is 10.7. The highest BCUT2D eigenvalue weighted by atomic mass is 15.1. The minimum Gasteiger partial charge on any atom is -0.310 e. The average Bonchev–Trinajstić information content (AvgIpc) is 3.86. The van der Waals surface area contributed by atoms with Crippen LogP contribution in [-0.4, -0.2) is 4.40 Å². The summed E-state index contributed by atoms with van der Waals surface area (Å²) in [5.74, 6) is 0.933. The van der Waals surface area contributed by atoms with Crippen molar-refractivity contribution in [1.29, 1.82) is 0 Å². The molecule has 12 rings (SSSR count). The van der Waals surface area contributed by atoms with Gasteiger partial charge < -0.3 is 14.2 Å². The van der Waals surface area contributed by atoms with Gasteiger partial charge in [0.25, 0.3) is 0 Å². The van der Waals surface area contributed by atoms with Crippen LogP contribution in [0, 0.1) is 0 Å². The van der Waals surface area contributed by atoms with E-state index in [1.807, 2.05) is 0 Å². The maximum absolute atomic E-state index is 2.55. The van der Waals surface area contributed by atoms with Crippen molar-refractivity contribution in [3.8, 4) is 11.1 Å². The van der Waals surface area contributed by atoms with Gasteiger partial charge in [0.1, 0.15) is 0 Å². The van der Waals surface area contributed by atoms with Gasteiger partial charge in [-0.25, -0.2) is 0 Å². The Morgan fingerprint density at radius 3 is 1.16 bits per heavy atom. The fourth-order valence-corrected chi connectivity index (χ4v) is 10.7. The third kappa shape index (κ3) is 7.36. The number of aromatic nitrogens is 1. The second-order valence-corrected chi connectivity index (χ2v) is 20.7. The minimum atomic E-state index is 0.0811. The molecule has 0 fully saturated rings. The second-order valence-electron chi connectivity index (χ2n) is 20.7. The first-order valence-corrected chi connectivity index (χ1v) is 24.6. The van der Waals surface area contributed by atoms with Crippen LogP contribution < -0.4 is 9.80 Å². The number of fused-ring (bicyclic) bond motifs is 8. The van der Waals surface area contributed by atoms with Gasteiger partial charge in [0.2, 0.25) is 0 Å². The normalized spacial score (nSPS) is 12.2. The molecule has 0 N–H and O–H groups in total. The van der Waals surface area contributed by atoms with Crippen molar-refractivity contribution in [3.05, 3.63) is 223 Å². The van der Waals surface area contributed by atoms with Crippen LogP contribution in [0.3, 0.4) is 0 Å². The lowest BCUT2D eigenvalue weighted by molar-refractivity contribution is 0.590. The Labute approximate surface area is 405 Å². The van der Waals surface area contributed by atoms with Crippen molar-refractivity contribution in [2.24, 2.45) is 0 Å². The Morgan fingerprint density at radius 2 is 0.754 bits per heavy atom. The first kappa shape index (κ1) is 42.5. The maximum Gasteiger partial charge on any atom is 0.0620 e. The highest BCUT2D eigenvalue weighted by molar-refractivity contribution is 6.27. The molecule has 0 amide bonds. The highest BCUT2D eigenvalue weighted by Crippen LogP contribution is 2.46. The molecule has 12 aromatic rings. The highest BCUT2D eigenvalue weighted by Gasteiger charge is 2.23. The minimum absolute atomic E-state index is 0.0811. The molecule has 3 heteroatoms. The number of nitrogens with zero attached hydrogens (tertiary/aromatic N) is 3. The molecule has 0 spiro atoms. The number of benzene rings is 10. The first-order chi connectivity index (χ1) is 33.5. The molecule has 0 aliphatic carbocycles. The zero-order chi connectivity index (χ0) is 47.1. The van der Waals surface area contributed by atoms with Gasteiger partial charge in [0.15, 0.2) is 0 Å². The predicted octanol–water partition coefficient (Wildman–Crippen LogP) is 19.3. The quantitative estimate of drug-likeness (QED) is 0.143. The van der Waals surface area contributed by atoms with E-state index in [9.17, 15) is 0 Å². The van der Waals surface area contributed by atoms with Crippen molar-refractivity contribution in [3.63, 3.8) is 0 Å². The molecule has 0 aliphatic heterocycles. The van der Waals surface area contributed by atoms with Crippen molar-refractivity contribution in [1.82, 2.24) is 4.40 Å². The Balaban J connectivity index is 1.09. The van der Waals surface area contributed by atoms with Crippen molar-refractivity contribution in [2.75, 3.05) is 9.80 Å². The van der Waals surface area contributed by atoms with Crippen LogP contribution in [0.4, 0.5) is 34.1 Å². The van der Waals surface area contributed by atoms with Crippen LogP contribution in [0.5, 0.6) is 0 Å².